The molecule has 0 radical (unpaired) electrons. The Morgan fingerprint density at radius 3 is 2.62 bits per heavy atom. The topological polar surface area (TPSA) is 54.0 Å². The number of carbonyl (C=O) groups is 1. The van der Waals surface area contributed by atoms with Crippen molar-refractivity contribution < 1.29 is 4.79 Å². The third-order valence-electron chi connectivity index (χ3n) is 2.71. The number of pyridine rings is 1. The van der Waals surface area contributed by atoms with E-state index < -0.39 is 0 Å². The molecule has 108 valence electrons. The Bertz CT molecular complexity index is 617. The summed E-state index contributed by atoms with van der Waals surface area (Å²) in [4.78, 5) is 15.8. The number of aromatic nitrogens is 1. The van der Waals surface area contributed by atoms with Crippen LogP contribution in [0.3, 0.4) is 0 Å². The first-order valence-electron chi connectivity index (χ1n) is 6.34. The molecule has 0 atom stereocenters. The molecule has 2 N–H and O–H groups in total. The molecule has 4 nitrogen and oxygen atoms in total. The van der Waals surface area contributed by atoms with Crippen molar-refractivity contribution in [1.82, 2.24) is 15.6 Å². The highest BCUT2D eigenvalue weighted by Crippen LogP contribution is 2.09. The van der Waals surface area contributed by atoms with Crippen LogP contribution in [0.15, 0.2) is 48.8 Å². The molecule has 0 bridgehead atoms. The summed E-state index contributed by atoms with van der Waals surface area (Å²) in [6.45, 7) is 0.522. The number of benzene rings is 1. The van der Waals surface area contributed by atoms with Gasteiger partial charge in [-0.3, -0.25) is 9.78 Å². The molecule has 0 fully saturated rings. The summed E-state index contributed by atoms with van der Waals surface area (Å²) in [5.41, 5.74) is 1.87. The second-order valence-electron chi connectivity index (χ2n) is 4.40. The lowest BCUT2D eigenvalue weighted by Crippen LogP contribution is -2.39. The molecule has 0 spiro atoms. The molecule has 0 aliphatic heterocycles. The van der Waals surface area contributed by atoms with Gasteiger partial charge in [-0.2, -0.15) is 0 Å². The van der Waals surface area contributed by atoms with Gasteiger partial charge in [0.15, 0.2) is 5.11 Å². The van der Waals surface area contributed by atoms with Gasteiger partial charge in [-0.1, -0.05) is 29.8 Å². The van der Waals surface area contributed by atoms with Gasteiger partial charge in [0.2, 0.25) is 5.91 Å². The largest absolute Gasteiger partial charge is 0.358 e. The van der Waals surface area contributed by atoms with E-state index in [1.807, 2.05) is 24.3 Å². The Kier molecular flexibility index (Phi) is 5.66. The third kappa shape index (κ3) is 5.49. The molecule has 2 rings (SSSR count). The van der Waals surface area contributed by atoms with E-state index in [0.29, 0.717) is 16.7 Å². The number of nitrogens with one attached hydrogen (secondary N) is 2. The highest BCUT2D eigenvalue weighted by Gasteiger charge is 2.06. The summed E-state index contributed by atoms with van der Waals surface area (Å²) >= 11 is 10.9. The first kappa shape index (κ1) is 15.4. The number of carbonyl (C=O) groups excluding carboxylic acids is 1. The van der Waals surface area contributed by atoms with Crippen LogP contribution in [0.4, 0.5) is 0 Å². The molecule has 0 saturated carbocycles. The van der Waals surface area contributed by atoms with Crippen molar-refractivity contribution in [2.45, 2.75) is 13.0 Å². The predicted molar refractivity (Wildman–Crippen MR) is 87.0 cm³/mol. The van der Waals surface area contributed by atoms with Gasteiger partial charge < -0.3 is 10.6 Å². The fourth-order valence-electron chi connectivity index (χ4n) is 1.69. The van der Waals surface area contributed by atoms with E-state index >= 15 is 0 Å². The number of hydrogen-bond acceptors (Lipinski definition) is 3. The quantitative estimate of drug-likeness (QED) is 0.850. The Morgan fingerprint density at radius 1 is 1.19 bits per heavy atom. The normalized spacial score (nSPS) is 9.95. The van der Waals surface area contributed by atoms with Gasteiger partial charge in [-0.15, -0.1) is 0 Å². The third-order valence-corrected chi connectivity index (χ3v) is 3.21. The summed E-state index contributed by atoms with van der Waals surface area (Å²) in [6.07, 6.45) is 3.70. The zero-order valence-electron chi connectivity index (χ0n) is 11.2. The minimum atomic E-state index is -0.166. The van der Waals surface area contributed by atoms with Gasteiger partial charge in [0.1, 0.15) is 0 Å². The Labute approximate surface area is 133 Å². The molecule has 1 aromatic heterocycles. The number of halogens is 1. The van der Waals surface area contributed by atoms with E-state index in [9.17, 15) is 4.79 Å². The van der Waals surface area contributed by atoms with Gasteiger partial charge in [0.05, 0.1) is 6.42 Å². The van der Waals surface area contributed by atoms with Crippen LogP contribution < -0.4 is 10.6 Å². The van der Waals surface area contributed by atoms with Crippen molar-refractivity contribution in [2.75, 3.05) is 0 Å². The summed E-state index contributed by atoms with van der Waals surface area (Å²) in [5.74, 6) is -0.166. The molecule has 0 saturated heterocycles. The minimum absolute atomic E-state index is 0.166. The van der Waals surface area contributed by atoms with E-state index in [1.54, 1.807) is 24.5 Å². The lowest BCUT2D eigenvalue weighted by Gasteiger charge is -2.09. The second-order valence-corrected chi connectivity index (χ2v) is 5.24. The molecule has 0 aliphatic carbocycles. The van der Waals surface area contributed by atoms with E-state index in [4.69, 9.17) is 23.8 Å². The Balaban J connectivity index is 1.77. The molecule has 0 aliphatic rings. The molecule has 1 heterocycles. The Morgan fingerprint density at radius 2 is 1.95 bits per heavy atom. The zero-order valence-corrected chi connectivity index (χ0v) is 12.7. The van der Waals surface area contributed by atoms with Crippen LogP contribution in [-0.2, 0) is 17.8 Å². The SMILES string of the molecule is O=C(Cc1ccc(Cl)cc1)NC(=S)NCc1cccnc1. The summed E-state index contributed by atoms with van der Waals surface area (Å²) in [6, 6.07) is 10.9. The minimum Gasteiger partial charge on any atom is -0.358 e. The van der Waals surface area contributed by atoms with Crippen LogP contribution in [0.5, 0.6) is 0 Å². The lowest BCUT2D eigenvalue weighted by molar-refractivity contribution is -0.119. The highest BCUT2D eigenvalue weighted by molar-refractivity contribution is 7.80. The zero-order chi connectivity index (χ0) is 15.1. The number of rotatable bonds is 4. The summed E-state index contributed by atoms with van der Waals surface area (Å²) in [5, 5.41) is 6.55. The molecule has 6 heteroatoms. The monoisotopic (exact) mass is 319 g/mol. The number of nitrogens with zero attached hydrogens (tertiary/aromatic N) is 1. The maximum Gasteiger partial charge on any atom is 0.230 e. The fraction of sp³-hybridized carbons (Fsp3) is 0.133. The van der Waals surface area contributed by atoms with Gasteiger partial charge in [0.25, 0.3) is 0 Å². The van der Waals surface area contributed by atoms with Crippen molar-refractivity contribution >= 4 is 34.8 Å². The first-order chi connectivity index (χ1) is 10.1. The molecular formula is C15H14ClN3OS. The van der Waals surface area contributed by atoms with E-state index in [0.717, 1.165) is 11.1 Å². The number of hydrogen-bond donors (Lipinski definition) is 2. The molecular weight excluding hydrogens is 306 g/mol. The van der Waals surface area contributed by atoms with E-state index in [2.05, 4.69) is 15.6 Å². The van der Waals surface area contributed by atoms with Crippen molar-refractivity contribution in [1.29, 1.82) is 0 Å². The van der Waals surface area contributed by atoms with Gasteiger partial charge in [0, 0.05) is 24.0 Å². The van der Waals surface area contributed by atoms with E-state index in [-0.39, 0.29) is 12.3 Å². The average molecular weight is 320 g/mol. The van der Waals surface area contributed by atoms with E-state index in [1.165, 1.54) is 0 Å². The lowest BCUT2D eigenvalue weighted by atomic mass is 10.1. The number of thiocarbonyl (C=S) groups is 1. The fourth-order valence-corrected chi connectivity index (χ4v) is 2.00. The summed E-state index contributed by atoms with van der Waals surface area (Å²) < 4.78 is 0. The molecule has 2 aromatic rings. The molecule has 21 heavy (non-hydrogen) atoms. The van der Waals surface area contributed by atoms with Crippen molar-refractivity contribution in [3.63, 3.8) is 0 Å². The summed E-state index contributed by atoms with van der Waals surface area (Å²) in [7, 11) is 0. The maximum atomic E-state index is 11.8. The van der Waals surface area contributed by atoms with Gasteiger partial charge in [-0.05, 0) is 41.5 Å². The Hall–Kier alpha value is -1.98. The standard InChI is InChI=1S/C15H14ClN3OS/c16-13-5-3-11(4-6-13)8-14(20)19-15(21)18-10-12-2-1-7-17-9-12/h1-7,9H,8,10H2,(H2,18,19,20,21). The van der Waals surface area contributed by atoms with Gasteiger partial charge in [-0.25, -0.2) is 0 Å². The second kappa shape index (κ2) is 7.71. The first-order valence-corrected chi connectivity index (χ1v) is 7.13. The van der Waals surface area contributed by atoms with Crippen LogP contribution in [0.25, 0.3) is 0 Å². The predicted octanol–water partition coefficient (Wildman–Crippen LogP) is 2.47. The maximum absolute atomic E-state index is 11.8. The van der Waals surface area contributed by atoms with Crippen LogP contribution in [0, 0.1) is 0 Å². The van der Waals surface area contributed by atoms with Crippen LogP contribution in [-0.4, -0.2) is 16.0 Å². The van der Waals surface area contributed by atoms with Crippen molar-refractivity contribution in [2.24, 2.45) is 0 Å². The van der Waals surface area contributed by atoms with Crippen LogP contribution in [0.1, 0.15) is 11.1 Å². The molecule has 0 unspecified atom stereocenters. The smallest absolute Gasteiger partial charge is 0.230 e. The van der Waals surface area contributed by atoms with Crippen molar-refractivity contribution in [3.05, 3.63) is 64.9 Å². The average Bonchev–Trinajstić information content (AvgIpc) is 2.48. The van der Waals surface area contributed by atoms with Gasteiger partial charge >= 0.3 is 0 Å². The van der Waals surface area contributed by atoms with Crippen molar-refractivity contribution in [3.8, 4) is 0 Å². The highest BCUT2D eigenvalue weighted by atomic mass is 35.5. The molecule has 1 aromatic carbocycles. The van der Waals surface area contributed by atoms with Crippen LogP contribution in [0.2, 0.25) is 5.02 Å². The van der Waals surface area contributed by atoms with Crippen LogP contribution >= 0.6 is 23.8 Å². The number of amides is 1. The molecule has 1 amide bonds.